The number of aryl methyl sites for hydroxylation is 1. The van der Waals surface area contributed by atoms with Crippen molar-refractivity contribution in [3.63, 3.8) is 0 Å². The predicted octanol–water partition coefficient (Wildman–Crippen LogP) is -0.0460. The summed E-state index contributed by atoms with van der Waals surface area (Å²) in [6.07, 6.45) is 1.64. The summed E-state index contributed by atoms with van der Waals surface area (Å²) in [5.41, 5.74) is 3.50. The monoisotopic (exact) mass is 410 g/mol. The first-order valence-corrected chi connectivity index (χ1v) is 10.0. The first-order valence-electron chi connectivity index (χ1n) is 8.70. The third kappa shape index (κ3) is 5.11. The van der Waals surface area contributed by atoms with Crippen LogP contribution >= 0.6 is 0 Å². The van der Waals surface area contributed by atoms with E-state index in [9.17, 15) is 4.21 Å². The maximum atomic E-state index is 12.8. The van der Waals surface area contributed by atoms with Crippen LogP contribution in [0.3, 0.4) is 0 Å². The van der Waals surface area contributed by atoms with Crippen molar-refractivity contribution in [3.05, 3.63) is 35.2 Å². The summed E-state index contributed by atoms with van der Waals surface area (Å²) < 4.78 is 23.8. The van der Waals surface area contributed by atoms with E-state index < -0.39 is 10.8 Å². The summed E-state index contributed by atoms with van der Waals surface area (Å²) in [5.74, 6) is 1.87. The van der Waals surface area contributed by atoms with E-state index in [1.54, 1.807) is 19.4 Å². The molecule has 9 heteroatoms. The van der Waals surface area contributed by atoms with Crippen molar-refractivity contribution < 1.29 is 43.2 Å². The zero-order chi connectivity index (χ0) is 19.6. The summed E-state index contributed by atoms with van der Waals surface area (Å²) in [5, 5.41) is 0.252. The van der Waals surface area contributed by atoms with Gasteiger partial charge in [0.15, 0.2) is 0 Å². The number of ether oxygens (including phenoxy) is 2. The third-order valence-corrected chi connectivity index (χ3v) is 5.17. The molecule has 1 unspecified atom stereocenters. The predicted molar refractivity (Wildman–Crippen MR) is 104 cm³/mol. The molecule has 0 fully saturated rings. The van der Waals surface area contributed by atoms with Gasteiger partial charge >= 0.3 is 29.6 Å². The van der Waals surface area contributed by atoms with Crippen LogP contribution in [0, 0.1) is 19.8 Å². The number of fused-ring (bicyclic) bond motifs is 1. The van der Waals surface area contributed by atoms with E-state index in [1.165, 1.54) is 0 Å². The minimum absolute atomic E-state index is 0. The minimum Gasteiger partial charge on any atom is -0.496 e. The molecule has 3 aromatic rings. The van der Waals surface area contributed by atoms with Gasteiger partial charge in [-0.15, -0.1) is 0 Å². The Bertz CT molecular complexity index is 991. The molecule has 0 aliphatic heterocycles. The molecule has 0 aliphatic rings. The molecule has 0 aromatic carbocycles. The Morgan fingerprint density at radius 1 is 1.25 bits per heavy atom. The second-order valence-corrected chi connectivity index (χ2v) is 8.08. The van der Waals surface area contributed by atoms with E-state index in [1.807, 2.05) is 19.9 Å². The molecule has 0 saturated heterocycles. The number of nitrogens with zero attached hydrogens (tertiary/aromatic N) is 4. The summed E-state index contributed by atoms with van der Waals surface area (Å²) in [6.45, 7) is 8.53. The van der Waals surface area contributed by atoms with E-state index in [-0.39, 0.29) is 40.5 Å². The van der Waals surface area contributed by atoms with Crippen LogP contribution in [-0.2, 0) is 16.6 Å². The van der Waals surface area contributed by atoms with Crippen molar-refractivity contribution in [3.8, 4) is 11.6 Å². The Morgan fingerprint density at radius 2 is 2.00 bits per heavy atom. The fourth-order valence-electron chi connectivity index (χ4n) is 2.56. The zero-order valence-electron chi connectivity index (χ0n) is 17.1. The molecule has 3 rings (SSSR count). The summed E-state index contributed by atoms with van der Waals surface area (Å²) >= 11 is 0. The van der Waals surface area contributed by atoms with Crippen molar-refractivity contribution in [1.29, 1.82) is 0 Å². The van der Waals surface area contributed by atoms with Crippen molar-refractivity contribution >= 4 is 22.0 Å². The van der Waals surface area contributed by atoms with Crippen molar-refractivity contribution in [2.75, 3.05) is 13.7 Å². The summed E-state index contributed by atoms with van der Waals surface area (Å²) in [6, 6.07) is 3.64. The number of imidazole rings is 1. The van der Waals surface area contributed by atoms with E-state index in [0.717, 1.165) is 16.9 Å². The van der Waals surface area contributed by atoms with Crippen LogP contribution in [0.25, 0.3) is 11.2 Å². The Kier molecular flexibility index (Phi) is 8.00. The maximum Gasteiger partial charge on any atom is 1.00 e. The van der Waals surface area contributed by atoms with E-state index in [2.05, 4.69) is 33.8 Å². The number of pyridine rings is 2. The fraction of sp³-hybridized carbons (Fsp3) is 0.421. The number of rotatable bonds is 7. The molecule has 0 aliphatic carbocycles. The minimum atomic E-state index is -1.43. The zero-order valence-corrected chi connectivity index (χ0v) is 20.0. The molecule has 3 heterocycles. The van der Waals surface area contributed by atoms with Crippen molar-refractivity contribution in [1.82, 2.24) is 19.9 Å². The van der Waals surface area contributed by atoms with Gasteiger partial charge in [0, 0.05) is 22.9 Å². The van der Waals surface area contributed by atoms with Crippen LogP contribution in [-0.4, -0.2) is 32.9 Å². The molecule has 1 atom stereocenters. The van der Waals surface area contributed by atoms with Gasteiger partial charge in [0.1, 0.15) is 11.6 Å². The van der Waals surface area contributed by atoms with E-state index in [0.29, 0.717) is 35.3 Å². The average molecular weight is 410 g/mol. The van der Waals surface area contributed by atoms with Gasteiger partial charge in [0.25, 0.3) is 0 Å². The summed E-state index contributed by atoms with van der Waals surface area (Å²) in [4.78, 5) is 17.5. The second-order valence-electron chi connectivity index (χ2n) is 6.74. The van der Waals surface area contributed by atoms with Gasteiger partial charge in [0.2, 0.25) is 0 Å². The Balaban J connectivity index is 0.00000280. The standard InChI is InChI=1S/C19H23N4O3S.Na/c1-11(2)9-26-18-12(3)8-14-17(22-18)23-19(21-14)27(24)10-15-13(4)16(25-5)6-7-20-15;/h6-8,11H,9-10H2,1-5H3;/q-1;+1. The van der Waals surface area contributed by atoms with Crippen LogP contribution in [0.1, 0.15) is 30.7 Å². The molecule has 0 saturated carbocycles. The first kappa shape index (κ1) is 22.8. The first-order chi connectivity index (χ1) is 12.9. The molecular weight excluding hydrogens is 387 g/mol. The largest absolute Gasteiger partial charge is 1.00 e. The van der Waals surface area contributed by atoms with Crippen LogP contribution in [0.4, 0.5) is 0 Å². The van der Waals surface area contributed by atoms with Crippen molar-refractivity contribution in [2.45, 2.75) is 38.6 Å². The maximum absolute atomic E-state index is 12.8. The normalized spacial score (nSPS) is 12.1. The molecule has 144 valence electrons. The molecular formula is C19H23N4NaO3S. The second kappa shape index (κ2) is 9.82. The number of hydrogen-bond acceptors (Lipinski definition) is 6. The molecule has 3 aromatic heterocycles. The molecule has 0 amide bonds. The van der Waals surface area contributed by atoms with Gasteiger partial charge in [-0.1, -0.05) is 13.8 Å². The number of hydrogen-bond donors (Lipinski definition) is 0. The van der Waals surface area contributed by atoms with Gasteiger partial charge in [-0.2, -0.15) is 0 Å². The van der Waals surface area contributed by atoms with Gasteiger partial charge in [-0.3, -0.25) is 9.19 Å². The van der Waals surface area contributed by atoms with Gasteiger partial charge < -0.3 is 24.4 Å². The van der Waals surface area contributed by atoms with Gasteiger partial charge in [0.05, 0.1) is 41.1 Å². The summed E-state index contributed by atoms with van der Waals surface area (Å²) in [7, 11) is 0.167. The molecule has 0 N–H and O–H groups in total. The van der Waals surface area contributed by atoms with Crippen molar-refractivity contribution in [2.24, 2.45) is 5.92 Å². The van der Waals surface area contributed by atoms with Gasteiger partial charge in [-0.05, 0) is 37.5 Å². The molecule has 0 radical (unpaired) electrons. The molecule has 7 nitrogen and oxygen atoms in total. The third-order valence-electron chi connectivity index (χ3n) is 4.05. The van der Waals surface area contributed by atoms with Crippen LogP contribution in [0.5, 0.6) is 11.6 Å². The Labute approximate surface area is 189 Å². The molecule has 28 heavy (non-hydrogen) atoms. The Hall–Kier alpha value is -1.48. The van der Waals surface area contributed by atoms with Gasteiger partial charge in [-0.25, -0.2) is 0 Å². The smallest absolute Gasteiger partial charge is 0.496 e. The average Bonchev–Trinajstić information content (AvgIpc) is 3.04. The number of aromatic nitrogens is 4. The molecule has 0 spiro atoms. The van der Waals surface area contributed by atoms with Crippen LogP contribution in [0.15, 0.2) is 23.5 Å². The van der Waals surface area contributed by atoms with E-state index >= 15 is 0 Å². The number of methoxy groups -OCH3 is 1. The quantitative estimate of drug-likeness (QED) is 0.505. The SMILES string of the molecule is COc1ccnc(CS(=O)c2nc3cc(C)c(OCC(C)C)nc3[n-]2)c1C.[Na+]. The fourth-order valence-corrected chi connectivity index (χ4v) is 3.62. The topological polar surface area (TPSA) is 88.3 Å². The van der Waals surface area contributed by atoms with Crippen LogP contribution < -0.4 is 44.0 Å². The Morgan fingerprint density at radius 3 is 2.68 bits per heavy atom. The van der Waals surface area contributed by atoms with Crippen LogP contribution in [0.2, 0.25) is 0 Å². The molecule has 0 bridgehead atoms. The van der Waals surface area contributed by atoms with E-state index in [4.69, 9.17) is 9.47 Å².